The topological polar surface area (TPSA) is 46.3 Å². The van der Waals surface area contributed by atoms with Crippen molar-refractivity contribution >= 4 is 18.3 Å². The fraction of sp³-hybridized carbons (Fsp3) is 0.533. The Kier molecular flexibility index (Phi) is 6.32. The summed E-state index contributed by atoms with van der Waals surface area (Å²) in [6.45, 7) is 2.61. The van der Waals surface area contributed by atoms with Crippen molar-refractivity contribution in [1.82, 2.24) is 4.90 Å². The summed E-state index contributed by atoms with van der Waals surface area (Å²) in [6, 6.07) is 10.1. The number of amides is 1. The lowest BCUT2D eigenvalue weighted by Gasteiger charge is -2.31. The summed E-state index contributed by atoms with van der Waals surface area (Å²) in [7, 11) is 0. The minimum absolute atomic E-state index is 0. The molecule has 0 bridgehead atoms. The molecule has 0 aromatic heterocycles. The molecule has 1 aliphatic rings. The van der Waals surface area contributed by atoms with E-state index in [1.54, 1.807) is 6.92 Å². The molecule has 0 spiro atoms. The number of hydrogen-bond acceptors (Lipinski definition) is 2. The molecule has 2 atom stereocenters. The fourth-order valence-electron chi connectivity index (χ4n) is 2.66. The van der Waals surface area contributed by atoms with Gasteiger partial charge in [0.15, 0.2) is 0 Å². The zero-order valence-corrected chi connectivity index (χ0v) is 12.2. The molecular formula is C15H23ClN2O. The van der Waals surface area contributed by atoms with E-state index in [1.165, 1.54) is 18.4 Å². The van der Waals surface area contributed by atoms with Crippen LogP contribution < -0.4 is 5.73 Å². The third kappa shape index (κ3) is 3.95. The first-order valence-electron chi connectivity index (χ1n) is 6.81. The molecule has 1 heterocycles. The highest BCUT2D eigenvalue weighted by Gasteiger charge is 2.27. The van der Waals surface area contributed by atoms with Crippen LogP contribution in [-0.2, 0) is 4.79 Å². The van der Waals surface area contributed by atoms with Gasteiger partial charge in [0.05, 0.1) is 12.1 Å². The SMILES string of the molecule is C[C@@H](N)C(=O)N1CCCCCC1c1ccccc1.Cl. The molecule has 1 unspecified atom stereocenters. The zero-order valence-electron chi connectivity index (χ0n) is 11.4. The van der Waals surface area contributed by atoms with Crippen LogP contribution in [0.5, 0.6) is 0 Å². The van der Waals surface area contributed by atoms with Crippen molar-refractivity contribution in [2.45, 2.75) is 44.7 Å². The van der Waals surface area contributed by atoms with E-state index in [0.717, 1.165) is 19.4 Å². The molecule has 2 rings (SSSR count). The quantitative estimate of drug-likeness (QED) is 0.907. The average molecular weight is 283 g/mol. The predicted octanol–water partition coefficient (Wildman–Crippen LogP) is 2.90. The lowest BCUT2D eigenvalue weighted by Crippen LogP contribution is -2.44. The van der Waals surface area contributed by atoms with Crippen LogP contribution in [-0.4, -0.2) is 23.4 Å². The first kappa shape index (κ1) is 16.0. The monoisotopic (exact) mass is 282 g/mol. The zero-order chi connectivity index (χ0) is 13.0. The molecule has 3 nitrogen and oxygen atoms in total. The molecule has 1 fully saturated rings. The molecule has 1 aromatic carbocycles. The van der Waals surface area contributed by atoms with E-state index in [9.17, 15) is 4.79 Å². The van der Waals surface area contributed by atoms with Gasteiger partial charge in [0.25, 0.3) is 0 Å². The van der Waals surface area contributed by atoms with Gasteiger partial charge in [-0.2, -0.15) is 0 Å². The lowest BCUT2D eigenvalue weighted by molar-refractivity contribution is -0.134. The van der Waals surface area contributed by atoms with Crippen molar-refractivity contribution in [3.8, 4) is 0 Å². The minimum atomic E-state index is -0.408. The second-order valence-corrected chi connectivity index (χ2v) is 5.10. The van der Waals surface area contributed by atoms with Crippen LogP contribution in [0.1, 0.15) is 44.2 Å². The second-order valence-electron chi connectivity index (χ2n) is 5.10. The summed E-state index contributed by atoms with van der Waals surface area (Å²) in [6.07, 6.45) is 4.51. The van der Waals surface area contributed by atoms with Crippen LogP contribution in [0.2, 0.25) is 0 Å². The van der Waals surface area contributed by atoms with Gasteiger partial charge in [-0.1, -0.05) is 43.2 Å². The third-order valence-electron chi connectivity index (χ3n) is 3.61. The largest absolute Gasteiger partial charge is 0.334 e. The van der Waals surface area contributed by atoms with Gasteiger partial charge in [0.2, 0.25) is 5.91 Å². The molecule has 19 heavy (non-hydrogen) atoms. The molecule has 1 saturated heterocycles. The van der Waals surface area contributed by atoms with Crippen LogP contribution in [0.3, 0.4) is 0 Å². The van der Waals surface area contributed by atoms with Gasteiger partial charge >= 0.3 is 0 Å². The summed E-state index contributed by atoms with van der Waals surface area (Å²) < 4.78 is 0. The Morgan fingerprint density at radius 3 is 2.58 bits per heavy atom. The van der Waals surface area contributed by atoms with Crippen molar-refractivity contribution in [3.63, 3.8) is 0 Å². The van der Waals surface area contributed by atoms with Crippen LogP contribution in [0, 0.1) is 0 Å². The number of likely N-dealkylation sites (tertiary alicyclic amines) is 1. The molecule has 1 aromatic rings. The van der Waals surface area contributed by atoms with E-state index in [1.807, 2.05) is 23.1 Å². The standard InChI is InChI=1S/C15H22N2O.ClH/c1-12(16)15(18)17-11-7-3-6-10-14(17)13-8-4-2-5-9-13;/h2,4-5,8-9,12,14H,3,6-7,10-11,16H2,1H3;1H/t12-,14?;/m1./s1. The number of rotatable bonds is 2. The van der Waals surface area contributed by atoms with E-state index < -0.39 is 6.04 Å². The number of benzene rings is 1. The van der Waals surface area contributed by atoms with Gasteiger partial charge in [0.1, 0.15) is 0 Å². The van der Waals surface area contributed by atoms with Gasteiger partial charge < -0.3 is 10.6 Å². The van der Waals surface area contributed by atoms with E-state index in [-0.39, 0.29) is 24.4 Å². The maximum atomic E-state index is 12.2. The van der Waals surface area contributed by atoms with Crippen LogP contribution >= 0.6 is 12.4 Å². The summed E-state index contributed by atoms with van der Waals surface area (Å²) in [5.41, 5.74) is 7.00. The highest BCUT2D eigenvalue weighted by atomic mass is 35.5. The highest BCUT2D eigenvalue weighted by Crippen LogP contribution is 2.30. The van der Waals surface area contributed by atoms with Crippen molar-refractivity contribution in [3.05, 3.63) is 35.9 Å². The van der Waals surface area contributed by atoms with E-state index in [0.29, 0.717) is 0 Å². The van der Waals surface area contributed by atoms with Crippen molar-refractivity contribution in [2.75, 3.05) is 6.54 Å². The number of nitrogens with two attached hydrogens (primary N) is 1. The molecule has 4 heteroatoms. The smallest absolute Gasteiger partial charge is 0.239 e. The number of carbonyl (C=O) groups excluding carboxylic acids is 1. The molecule has 0 radical (unpaired) electrons. The Morgan fingerprint density at radius 1 is 1.26 bits per heavy atom. The fourth-order valence-corrected chi connectivity index (χ4v) is 2.66. The maximum absolute atomic E-state index is 12.2. The van der Waals surface area contributed by atoms with E-state index >= 15 is 0 Å². The normalized spacial score (nSPS) is 21.2. The van der Waals surface area contributed by atoms with Crippen LogP contribution in [0.25, 0.3) is 0 Å². The number of carbonyl (C=O) groups is 1. The molecule has 106 valence electrons. The van der Waals surface area contributed by atoms with Crippen LogP contribution in [0.15, 0.2) is 30.3 Å². The Balaban J connectivity index is 0.00000180. The highest BCUT2D eigenvalue weighted by molar-refractivity contribution is 5.85. The van der Waals surface area contributed by atoms with Crippen LogP contribution in [0.4, 0.5) is 0 Å². The lowest BCUT2D eigenvalue weighted by atomic mass is 10.0. The Bertz CT molecular complexity index is 394. The minimum Gasteiger partial charge on any atom is -0.334 e. The first-order chi connectivity index (χ1) is 8.70. The number of halogens is 1. The van der Waals surface area contributed by atoms with Gasteiger partial charge in [-0.05, 0) is 25.3 Å². The molecule has 1 amide bonds. The Hall–Kier alpha value is -1.06. The van der Waals surface area contributed by atoms with E-state index in [2.05, 4.69) is 12.1 Å². The summed E-state index contributed by atoms with van der Waals surface area (Å²) in [5.74, 6) is 0.0748. The van der Waals surface area contributed by atoms with Gasteiger partial charge in [-0.15, -0.1) is 12.4 Å². The van der Waals surface area contributed by atoms with Crippen molar-refractivity contribution in [1.29, 1.82) is 0 Å². The Labute approximate surface area is 121 Å². The summed E-state index contributed by atoms with van der Waals surface area (Å²) in [4.78, 5) is 14.2. The van der Waals surface area contributed by atoms with E-state index in [4.69, 9.17) is 5.73 Å². The van der Waals surface area contributed by atoms with Crippen molar-refractivity contribution < 1.29 is 4.79 Å². The molecular weight excluding hydrogens is 260 g/mol. The third-order valence-corrected chi connectivity index (χ3v) is 3.61. The summed E-state index contributed by atoms with van der Waals surface area (Å²) in [5, 5.41) is 0. The molecule has 0 aliphatic carbocycles. The van der Waals surface area contributed by atoms with Crippen molar-refractivity contribution in [2.24, 2.45) is 5.73 Å². The molecule has 2 N–H and O–H groups in total. The predicted molar refractivity (Wildman–Crippen MR) is 80.3 cm³/mol. The average Bonchev–Trinajstić information content (AvgIpc) is 2.64. The summed E-state index contributed by atoms with van der Waals surface area (Å²) >= 11 is 0. The molecule has 0 saturated carbocycles. The number of hydrogen-bond donors (Lipinski definition) is 1. The molecule has 1 aliphatic heterocycles. The van der Waals surface area contributed by atoms with Gasteiger partial charge in [-0.25, -0.2) is 0 Å². The maximum Gasteiger partial charge on any atom is 0.239 e. The van der Waals surface area contributed by atoms with Gasteiger partial charge in [-0.3, -0.25) is 4.79 Å². The Morgan fingerprint density at radius 2 is 1.95 bits per heavy atom. The number of nitrogens with zero attached hydrogens (tertiary/aromatic N) is 1. The van der Waals surface area contributed by atoms with Gasteiger partial charge in [0, 0.05) is 6.54 Å². The second kappa shape index (κ2) is 7.51. The first-order valence-corrected chi connectivity index (χ1v) is 6.81.